The molecule has 0 radical (unpaired) electrons. The third-order valence-electron chi connectivity index (χ3n) is 5.47. The summed E-state index contributed by atoms with van der Waals surface area (Å²) in [6.07, 6.45) is 1.41. The van der Waals surface area contributed by atoms with Crippen LogP contribution < -0.4 is 20.3 Å². The number of carbonyl (C=O) groups excluding carboxylic acids is 4. The van der Waals surface area contributed by atoms with E-state index in [1.165, 1.54) is 6.08 Å². The molecule has 1 heterocycles. The van der Waals surface area contributed by atoms with E-state index in [0.717, 1.165) is 16.0 Å². The van der Waals surface area contributed by atoms with E-state index in [0.29, 0.717) is 22.7 Å². The Balaban J connectivity index is 1.45. The van der Waals surface area contributed by atoms with Gasteiger partial charge in [-0.2, -0.15) is 0 Å². The highest BCUT2D eigenvalue weighted by Gasteiger charge is 2.36. The summed E-state index contributed by atoms with van der Waals surface area (Å²) in [5.74, 6) is -1.33. The van der Waals surface area contributed by atoms with Crippen molar-refractivity contribution >= 4 is 41.2 Å². The van der Waals surface area contributed by atoms with Gasteiger partial charge in [-0.05, 0) is 73.0 Å². The molecule has 5 amide bonds. The average Bonchev–Trinajstić information content (AvgIpc) is 2.84. The Hall–Kier alpha value is -4.72. The second-order valence-electron chi connectivity index (χ2n) is 8.00. The summed E-state index contributed by atoms with van der Waals surface area (Å²) >= 11 is 0. The Bertz CT molecular complexity index is 1330. The number of benzene rings is 3. The van der Waals surface area contributed by atoms with Crippen LogP contribution in [0.3, 0.4) is 0 Å². The Morgan fingerprint density at radius 3 is 2.34 bits per heavy atom. The number of nitrogens with zero attached hydrogens (tertiary/aromatic N) is 1. The lowest BCUT2D eigenvalue weighted by atomic mass is 10.1. The van der Waals surface area contributed by atoms with Crippen LogP contribution in [-0.2, 0) is 14.4 Å². The van der Waals surface area contributed by atoms with Gasteiger partial charge in [0.2, 0.25) is 0 Å². The zero-order valence-electron chi connectivity index (χ0n) is 19.2. The first-order chi connectivity index (χ1) is 16.8. The van der Waals surface area contributed by atoms with Gasteiger partial charge in [-0.1, -0.05) is 36.4 Å². The van der Waals surface area contributed by atoms with Crippen molar-refractivity contribution in [3.63, 3.8) is 0 Å². The van der Waals surface area contributed by atoms with E-state index >= 15 is 0 Å². The third-order valence-corrected chi connectivity index (χ3v) is 5.47. The molecule has 35 heavy (non-hydrogen) atoms. The van der Waals surface area contributed by atoms with Crippen LogP contribution in [0.25, 0.3) is 6.08 Å². The maximum atomic E-state index is 13.0. The fourth-order valence-electron chi connectivity index (χ4n) is 3.45. The van der Waals surface area contributed by atoms with Crippen molar-refractivity contribution in [3.05, 3.63) is 95.1 Å². The minimum Gasteiger partial charge on any atom is -0.484 e. The Morgan fingerprint density at radius 1 is 0.943 bits per heavy atom. The highest BCUT2D eigenvalue weighted by Crippen LogP contribution is 2.24. The van der Waals surface area contributed by atoms with Gasteiger partial charge in [0.25, 0.3) is 17.7 Å². The van der Waals surface area contributed by atoms with Crippen LogP contribution in [0.5, 0.6) is 5.75 Å². The number of carbonyl (C=O) groups is 4. The van der Waals surface area contributed by atoms with Crippen molar-refractivity contribution in [2.24, 2.45) is 0 Å². The van der Waals surface area contributed by atoms with Gasteiger partial charge in [-0.3, -0.25) is 19.7 Å². The molecule has 8 heteroatoms. The van der Waals surface area contributed by atoms with Crippen molar-refractivity contribution in [1.29, 1.82) is 0 Å². The van der Waals surface area contributed by atoms with Gasteiger partial charge >= 0.3 is 6.03 Å². The van der Waals surface area contributed by atoms with Gasteiger partial charge in [-0.25, -0.2) is 9.69 Å². The predicted octanol–water partition coefficient (Wildman–Crippen LogP) is 3.99. The van der Waals surface area contributed by atoms with Crippen molar-refractivity contribution < 1.29 is 23.9 Å². The first-order valence-corrected chi connectivity index (χ1v) is 10.9. The van der Waals surface area contributed by atoms with E-state index in [1.54, 1.807) is 48.5 Å². The van der Waals surface area contributed by atoms with Crippen molar-refractivity contribution in [1.82, 2.24) is 5.32 Å². The second kappa shape index (κ2) is 10.0. The van der Waals surface area contributed by atoms with Crippen LogP contribution in [-0.4, -0.2) is 30.4 Å². The molecule has 2 N–H and O–H groups in total. The lowest BCUT2D eigenvalue weighted by Crippen LogP contribution is -2.54. The number of hydrogen-bond donors (Lipinski definition) is 2. The number of urea groups is 1. The molecule has 3 aromatic carbocycles. The molecule has 0 atom stereocenters. The first kappa shape index (κ1) is 23.4. The van der Waals surface area contributed by atoms with Crippen molar-refractivity contribution in [2.45, 2.75) is 13.8 Å². The largest absolute Gasteiger partial charge is 0.484 e. The molecule has 1 saturated heterocycles. The van der Waals surface area contributed by atoms with Gasteiger partial charge in [0.05, 0.1) is 5.69 Å². The summed E-state index contributed by atoms with van der Waals surface area (Å²) in [7, 11) is 0. The van der Waals surface area contributed by atoms with Crippen LogP contribution in [0.4, 0.5) is 16.2 Å². The van der Waals surface area contributed by atoms with Gasteiger partial charge in [0.1, 0.15) is 11.3 Å². The van der Waals surface area contributed by atoms with Crippen LogP contribution in [0.2, 0.25) is 0 Å². The standard InChI is InChI=1S/C27H23N3O5/c1-17-8-11-21(14-18(17)2)30-26(33)23(25(32)29-27(30)34)15-19-9-12-22(13-10-19)35-16-24(31)28-20-6-4-3-5-7-20/h3-15H,16H2,1-2H3,(H,28,31)(H,29,32,34)/b23-15+. The smallest absolute Gasteiger partial charge is 0.335 e. The SMILES string of the molecule is Cc1ccc(N2C(=O)NC(=O)/C(=C\c3ccc(OCC(=O)Nc4ccccc4)cc3)C2=O)cc1C. The molecule has 1 aliphatic rings. The maximum Gasteiger partial charge on any atom is 0.335 e. The monoisotopic (exact) mass is 469 g/mol. The van der Waals surface area contributed by atoms with E-state index in [-0.39, 0.29) is 18.1 Å². The zero-order valence-corrected chi connectivity index (χ0v) is 19.2. The quantitative estimate of drug-likeness (QED) is 0.420. The molecule has 1 aliphatic heterocycles. The Labute approximate surface area is 202 Å². The maximum absolute atomic E-state index is 13.0. The summed E-state index contributed by atoms with van der Waals surface area (Å²) in [5, 5.41) is 4.94. The topological polar surface area (TPSA) is 105 Å². The molecule has 4 rings (SSSR count). The molecule has 0 bridgehead atoms. The fraction of sp³-hybridized carbons (Fsp3) is 0.111. The van der Waals surface area contributed by atoms with E-state index < -0.39 is 17.8 Å². The van der Waals surface area contributed by atoms with Gasteiger partial charge < -0.3 is 10.1 Å². The van der Waals surface area contributed by atoms with E-state index in [9.17, 15) is 19.2 Å². The number of aryl methyl sites for hydroxylation is 2. The molecular weight excluding hydrogens is 446 g/mol. The molecule has 0 aromatic heterocycles. The number of hydrogen-bond acceptors (Lipinski definition) is 5. The van der Waals surface area contributed by atoms with Gasteiger partial charge in [0, 0.05) is 5.69 Å². The molecule has 8 nitrogen and oxygen atoms in total. The highest BCUT2D eigenvalue weighted by atomic mass is 16.5. The zero-order chi connectivity index (χ0) is 24.9. The fourth-order valence-corrected chi connectivity index (χ4v) is 3.45. The molecule has 0 spiro atoms. The molecule has 0 saturated carbocycles. The van der Waals surface area contributed by atoms with Gasteiger partial charge in [-0.15, -0.1) is 0 Å². The van der Waals surface area contributed by atoms with Crippen LogP contribution in [0.15, 0.2) is 78.4 Å². The lowest BCUT2D eigenvalue weighted by molar-refractivity contribution is -0.122. The van der Waals surface area contributed by atoms with E-state index in [4.69, 9.17) is 4.74 Å². The number of para-hydroxylation sites is 1. The van der Waals surface area contributed by atoms with Crippen LogP contribution >= 0.6 is 0 Å². The molecule has 0 aliphatic carbocycles. The van der Waals surface area contributed by atoms with E-state index in [1.807, 2.05) is 38.1 Å². The molecule has 1 fully saturated rings. The number of rotatable bonds is 6. The number of nitrogens with one attached hydrogen (secondary N) is 2. The van der Waals surface area contributed by atoms with Gasteiger partial charge in [0.15, 0.2) is 6.61 Å². The number of barbiturate groups is 1. The first-order valence-electron chi connectivity index (χ1n) is 10.9. The van der Waals surface area contributed by atoms with Crippen LogP contribution in [0, 0.1) is 13.8 Å². The minimum absolute atomic E-state index is 0.168. The van der Waals surface area contributed by atoms with Crippen LogP contribution in [0.1, 0.15) is 16.7 Å². The minimum atomic E-state index is -0.794. The number of anilines is 2. The summed E-state index contributed by atoms with van der Waals surface area (Å²) in [6, 6.07) is 20.0. The summed E-state index contributed by atoms with van der Waals surface area (Å²) < 4.78 is 5.51. The highest BCUT2D eigenvalue weighted by molar-refractivity contribution is 6.39. The normalized spacial score (nSPS) is 14.6. The number of imide groups is 2. The average molecular weight is 469 g/mol. The number of amides is 5. The molecule has 176 valence electrons. The second-order valence-corrected chi connectivity index (χ2v) is 8.00. The summed E-state index contributed by atoms with van der Waals surface area (Å²) in [4.78, 5) is 50.8. The molecular formula is C27H23N3O5. The lowest BCUT2D eigenvalue weighted by Gasteiger charge is -2.26. The Morgan fingerprint density at radius 2 is 1.66 bits per heavy atom. The number of ether oxygens (including phenoxy) is 1. The van der Waals surface area contributed by atoms with E-state index in [2.05, 4.69) is 10.6 Å². The summed E-state index contributed by atoms with van der Waals surface area (Å²) in [6.45, 7) is 3.63. The Kier molecular flexibility index (Phi) is 6.73. The summed E-state index contributed by atoms with van der Waals surface area (Å²) in [5.41, 5.74) is 3.37. The molecule has 0 unspecified atom stereocenters. The third kappa shape index (κ3) is 5.44. The molecule has 3 aromatic rings. The van der Waals surface area contributed by atoms with Crippen molar-refractivity contribution in [3.8, 4) is 5.75 Å². The predicted molar refractivity (Wildman–Crippen MR) is 132 cm³/mol. The van der Waals surface area contributed by atoms with Crippen molar-refractivity contribution in [2.75, 3.05) is 16.8 Å².